The number of ketones is 6. The zero-order valence-electron chi connectivity index (χ0n) is 65.0. The Labute approximate surface area is 679 Å². The first-order chi connectivity index (χ1) is 53.4. The van der Waals surface area contributed by atoms with Gasteiger partial charge in [-0.05, 0) is 65.2 Å². The van der Waals surface area contributed by atoms with E-state index in [2.05, 4.69) is 38.8 Å². The molecule has 628 valence electrons. The molecule has 0 aromatic heterocycles. The van der Waals surface area contributed by atoms with Crippen LogP contribution in [0.4, 0.5) is 0 Å². The van der Waals surface area contributed by atoms with Crippen LogP contribution in [-0.2, 0) is 110 Å². The summed E-state index contributed by atoms with van der Waals surface area (Å²) in [5.41, 5.74) is 10.9. The molecule has 2 saturated heterocycles. The van der Waals surface area contributed by atoms with E-state index in [4.69, 9.17) is 43.7 Å². The highest BCUT2D eigenvalue weighted by Gasteiger charge is 2.39. The fourth-order valence-corrected chi connectivity index (χ4v) is 19.7. The SMILES string of the molecule is CCC(CSC1CCC1SCC(CC(=O)CCOCCC(C)=O)C(=O)O)C(=O)O.NC(CSC1CCC1SCC(N)C(=O)O)C(=O)O.O=C(CCOCCC(=O)ON1C(=O)CCC1=O)ON1C(=O)CCC1=O.[3H]C(P)C(=O)CNC(=O)C(CC)CSC1CCC1SCC(CC(=O)CCOCCC(C)=O)C(=O)NCC(=O)C([3H])P. The van der Waals surface area contributed by atoms with Crippen LogP contribution in [0.5, 0.6) is 0 Å². The second-order valence-electron chi connectivity index (χ2n) is 26.2. The van der Waals surface area contributed by atoms with Gasteiger partial charge in [0.25, 0.3) is 23.6 Å². The van der Waals surface area contributed by atoms with Crippen LogP contribution in [-0.4, -0.2) is 280 Å². The van der Waals surface area contributed by atoms with Crippen LogP contribution in [0, 0.1) is 23.7 Å². The van der Waals surface area contributed by atoms with E-state index in [1.165, 1.54) is 13.8 Å². The molecule has 33 nitrogen and oxygen atoms in total. The van der Waals surface area contributed by atoms with Crippen LogP contribution < -0.4 is 22.1 Å². The van der Waals surface area contributed by atoms with Crippen molar-refractivity contribution in [2.45, 2.75) is 200 Å². The summed E-state index contributed by atoms with van der Waals surface area (Å²) in [6.07, 6.45) is 5.69. The molecule has 16 unspecified atom stereocenters. The maximum Gasteiger partial charge on any atom is 0.335 e. The van der Waals surface area contributed by atoms with E-state index < -0.39 is 107 Å². The van der Waals surface area contributed by atoms with Crippen molar-refractivity contribution < 1.29 is 133 Å². The van der Waals surface area contributed by atoms with Crippen molar-refractivity contribution in [1.29, 1.82) is 0 Å². The van der Waals surface area contributed by atoms with E-state index in [9.17, 15) is 91.4 Å². The number of aliphatic carboxylic acids is 4. The number of amides is 6. The van der Waals surface area contributed by atoms with Gasteiger partial charge < -0.3 is 66.4 Å². The lowest BCUT2D eigenvalue weighted by Gasteiger charge is -2.37. The molecule has 3 aliphatic carbocycles. The van der Waals surface area contributed by atoms with Crippen molar-refractivity contribution in [2.24, 2.45) is 35.1 Å². The number of imide groups is 2. The molecule has 5 fully saturated rings. The minimum Gasteiger partial charge on any atom is -0.481 e. The van der Waals surface area contributed by atoms with Crippen molar-refractivity contribution in [3.63, 3.8) is 0 Å². The van der Waals surface area contributed by atoms with Crippen LogP contribution >= 0.6 is 89.1 Å². The lowest BCUT2D eigenvalue weighted by Crippen LogP contribution is -2.39. The number of rotatable bonds is 56. The largest absolute Gasteiger partial charge is 0.481 e. The number of nitrogens with one attached hydrogen (secondary N) is 2. The van der Waals surface area contributed by atoms with E-state index in [1.807, 2.05) is 13.8 Å². The molecule has 6 amide bonds. The van der Waals surface area contributed by atoms with Gasteiger partial charge >= 0.3 is 35.8 Å². The van der Waals surface area contributed by atoms with E-state index in [0.29, 0.717) is 90.2 Å². The Hall–Kier alpha value is -5.18. The fourth-order valence-electron chi connectivity index (χ4n) is 9.74. The molecule has 0 spiro atoms. The fraction of sp³-hybridized carbons (Fsp3) is 0.743. The first-order valence-electron chi connectivity index (χ1n) is 37.5. The summed E-state index contributed by atoms with van der Waals surface area (Å²) in [6, 6.07) is -1.66. The summed E-state index contributed by atoms with van der Waals surface area (Å²) in [5.74, 6) is -8.52. The van der Waals surface area contributed by atoms with Crippen molar-refractivity contribution in [3.05, 3.63) is 0 Å². The number of carbonyl (C=O) groups excluding carboxylic acids is 14. The smallest absolute Gasteiger partial charge is 0.335 e. The maximum absolute atomic E-state index is 12.9. The molecule has 111 heavy (non-hydrogen) atoms. The number of carboxylic acids is 4. The third-order valence-electron chi connectivity index (χ3n) is 17.3. The third kappa shape index (κ3) is 43.4. The Morgan fingerprint density at radius 2 is 0.703 bits per heavy atom. The van der Waals surface area contributed by atoms with Gasteiger partial charge in [-0.25, -0.2) is 9.59 Å². The minimum atomic E-state index is -1.03. The average molecular weight is 1730 g/mol. The lowest BCUT2D eigenvalue weighted by molar-refractivity contribution is -0.199. The Kier molecular flexibility index (Phi) is 51.1. The monoisotopic (exact) mass is 1720 g/mol. The molecule has 3 saturated carbocycles. The van der Waals surface area contributed by atoms with Crippen molar-refractivity contribution in [2.75, 3.05) is 99.5 Å². The molecule has 41 heteroatoms. The summed E-state index contributed by atoms with van der Waals surface area (Å²) >= 11 is 9.67. The van der Waals surface area contributed by atoms with E-state index >= 15 is 0 Å². The Bertz CT molecular complexity index is 3100. The molecular formula is C70H110N6O27P2S6. The van der Waals surface area contributed by atoms with Gasteiger partial charge in [-0.15, -0.1) is 28.6 Å². The van der Waals surface area contributed by atoms with Gasteiger partial charge in [-0.1, -0.05) is 13.8 Å². The highest BCUT2D eigenvalue weighted by atomic mass is 32.2. The Balaban J connectivity index is 0.000000532. The Morgan fingerprint density at radius 3 is 1.00 bits per heavy atom. The molecule has 5 rings (SSSR count). The van der Waals surface area contributed by atoms with E-state index in [-0.39, 0.29) is 175 Å². The van der Waals surface area contributed by atoms with Gasteiger partial charge in [0.2, 0.25) is 11.8 Å². The van der Waals surface area contributed by atoms with Crippen LogP contribution in [0.25, 0.3) is 0 Å². The van der Waals surface area contributed by atoms with Gasteiger partial charge in [0.15, 0.2) is 11.6 Å². The van der Waals surface area contributed by atoms with E-state index in [0.717, 1.165) is 38.5 Å². The lowest BCUT2D eigenvalue weighted by atomic mass is 9.99. The number of hydrogen-bond donors (Lipinski definition) is 8. The van der Waals surface area contributed by atoms with Crippen molar-refractivity contribution in [1.82, 2.24) is 20.8 Å². The van der Waals surface area contributed by atoms with Gasteiger partial charge in [-0.2, -0.15) is 70.6 Å². The second-order valence-corrected chi connectivity index (χ2v) is 34.5. The van der Waals surface area contributed by atoms with Crippen molar-refractivity contribution >= 4 is 195 Å². The molecule has 16 atom stereocenters. The van der Waals surface area contributed by atoms with Crippen LogP contribution in [0.3, 0.4) is 0 Å². The molecule has 0 aromatic carbocycles. The van der Waals surface area contributed by atoms with Gasteiger partial charge in [0, 0.05) is 151 Å². The molecule has 2 heterocycles. The van der Waals surface area contributed by atoms with Crippen LogP contribution in [0.1, 0.15) is 159 Å². The summed E-state index contributed by atoms with van der Waals surface area (Å²) in [7, 11) is 4.18. The number of hydrogen-bond acceptors (Lipinski definition) is 31. The van der Waals surface area contributed by atoms with Crippen molar-refractivity contribution in [3.8, 4) is 0 Å². The number of thioether (sulfide) groups is 6. The third-order valence-corrected chi connectivity index (χ3v) is 28.0. The molecule has 10 N–H and O–H groups in total. The minimum absolute atomic E-state index is 0.00500. The predicted molar refractivity (Wildman–Crippen MR) is 427 cm³/mol. The number of carboxylic acid groups (broad SMARTS) is 4. The zero-order valence-corrected chi connectivity index (χ0v) is 70.2. The average Bonchev–Trinajstić information content (AvgIpc) is 1.62. The van der Waals surface area contributed by atoms with Crippen LogP contribution in [0.15, 0.2) is 0 Å². The number of ether oxygens (including phenoxy) is 3. The topological polar surface area (TPSA) is 517 Å². The van der Waals surface area contributed by atoms with Gasteiger partial charge in [0.1, 0.15) is 35.2 Å². The number of Topliss-reactive ketones (excluding diaryl/α,β-unsaturated/α-hetero) is 6. The number of carbonyl (C=O) groups is 18. The maximum atomic E-state index is 12.9. The first kappa shape index (κ1) is 98.2. The second kappa shape index (κ2) is 57.8. The molecule has 0 radical (unpaired) electrons. The molecule has 5 aliphatic rings. The summed E-state index contributed by atoms with van der Waals surface area (Å²) < 4.78 is 30.5. The molecular weight excluding hydrogens is 1610 g/mol. The van der Waals surface area contributed by atoms with Crippen LogP contribution in [0.2, 0.25) is 0 Å². The molecule has 0 aromatic rings. The zero-order chi connectivity index (χ0) is 84.9. The van der Waals surface area contributed by atoms with E-state index in [1.54, 1.807) is 70.6 Å². The Morgan fingerprint density at radius 1 is 0.423 bits per heavy atom. The standard InChI is InChI=1S/C26H44N2O7P2S2.C20H32O7S2.C14H16N2O9.C10H18N2O4S2/c1-3-18(25(33)27-11-21(31)13-36)15-38-23-4-5-24(23)39-16-19(26(34)28-12-22(32)14-37)10-20(30)7-9-35-8-6-17(2)29;1-3-14(19(23)24)11-28-17-4-5-18(17)29-12-15(20(25)26)10-16(22)7-9-27-8-6-13(2)21;17-9-1-2-10(18)15(9)24-13(21)5-7-23-8-6-14(22)25-16-11(19)3-4-12(16)20;11-5(9(13)14)3-17-7-1-2-8(7)18-4-6(12)10(15)16/h18-19,23-24H,3-16,36-37H2,1-2H3,(H,27,33)(H,28,34);14-15,17-18H,3-12H2,1-2H3,(H,23,24)(H,25,26);1-8H2;5-8H,1-4,11-12H2,(H,13,14)(H,15,16)/i13T,14T;;;. The highest BCUT2D eigenvalue weighted by molar-refractivity contribution is 8.04. The number of nitrogens with zero attached hydrogens (tertiary/aromatic N) is 2. The summed E-state index contributed by atoms with van der Waals surface area (Å²) in [5, 5.41) is 43.9. The normalized spacial score (nSPS) is 20.6. The summed E-state index contributed by atoms with van der Waals surface area (Å²) in [4.78, 5) is 216. The number of hydroxylamine groups is 4. The predicted octanol–water partition coefficient (Wildman–Crippen LogP) is 4.04. The van der Waals surface area contributed by atoms with Gasteiger partial charge in [-0.3, -0.25) is 76.7 Å². The molecule has 2 aliphatic heterocycles. The highest BCUT2D eigenvalue weighted by Crippen LogP contribution is 2.44. The summed E-state index contributed by atoms with van der Waals surface area (Å²) in [6.45, 7) is 6.99. The van der Waals surface area contributed by atoms with Gasteiger partial charge in [0.05, 0.1) is 83.3 Å². The number of nitrogens with two attached hydrogens (primary N) is 2. The quantitative estimate of drug-likeness (QED) is 0.0242. The first-order valence-corrected chi connectivity index (χ1v) is 44.0. The molecule has 0 bridgehead atoms.